The number of ether oxygens (including phenoxy) is 5. The molecule has 0 saturated carbocycles. The second kappa shape index (κ2) is 21.8. The van der Waals surface area contributed by atoms with Gasteiger partial charge in [0.05, 0.1) is 64.5 Å². The largest absolute Gasteiger partial charge is 0.508 e. The molecule has 15 nitrogen and oxygen atoms in total. The van der Waals surface area contributed by atoms with Gasteiger partial charge in [-0.1, -0.05) is 73.6 Å². The predicted octanol–water partition coefficient (Wildman–Crippen LogP) is 4.06. The number of carbonyl (C=O) groups excluding carboxylic acids is 3. The molecule has 4 N–H and O–H groups in total. The van der Waals surface area contributed by atoms with E-state index in [1.54, 1.807) is 6.07 Å². The summed E-state index contributed by atoms with van der Waals surface area (Å²) >= 11 is 0. The van der Waals surface area contributed by atoms with E-state index in [4.69, 9.17) is 28.2 Å². The van der Waals surface area contributed by atoms with Gasteiger partial charge in [0.25, 0.3) is 5.91 Å². The summed E-state index contributed by atoms with van der Waals surface area (Å²) in [5, 5.41) is 31.0. The maximum atomic E-state index is 13.5. The quantitative estimate of drug-likeness (QED) is 0.0700. The van der Waals surface area contributed by atoms with Gasteiger partial charge in [0.1, 0.15) is 24.1 Å². The monoisotopic (exact) mass is 788 g/mol. The van der Waals surface area contributed by atoms with Gasteiger partial charge in [0, 0.05) is 38.7 Å². The van der Waals surface area contributed by atoms with E-state index in [1.807, 2.05) is 68.4 Å². The summed E-state index contributed by atoms with van der Waals surface area (Å²) in [6.45, 7) is 8.74. The van der Waals surface area contributed by atoms with Crippen LogP contribution in [0.3, 0.4) is 0 Å². The first-order valence-electron chi connectivity index (χ1n) is 19.0. The zero-order valence-electron chi connectivity index (χ0n) is 32.7. The summed E-state index contributed by atoms with van der Waals surface area (Å²) in [5.74, 6) is -1.57. The first kappa shape index (κ1) is 42.8. The third-order valence-electron chi connectivity index (χ3n) is 9.28. The van der Waals surface area contributed by atoms with E-state index in [-0.39, 0.29) is 75.1 Å². The number of benzene rings is 3. The highest BCUT2D eigenvalue weighted by Gasteiger charge is 2.27. The Morgan fingerprint density at radius 1 is 0.860 bits per heavy atom. The van der Waals surface area contributed by atoms with Crippen molar-refractivity contribution in [2.24, 2.45) is 0 Å². The molecule has 0 radical (unpaired) electrons. The number of aromatic hydroxyl groups is 2. The molecule has 1 fully saturated rings. The first-order valence-corrected chi connectivity index (χ1v) is 19.0. The fourth-order valence-electron chi connectivity index (χ4n) is 6.28. The van der Waals surface area contributed by atoms with Crippen molar-refractivity contribution in [3.05, 3.63) is 89.1 Å². The number of esters is 1. The van der Waals surface area contributed by atoms with Gasteiger partial charge in [-0.15, -0.1) is 0 Å². The molecular weight excluding hydrogens is 736 g/mol. The van der Waals surface area contributed by atoms with Crippen LogP contribution in [0.4, 0.5) is 0 Å². The van der Waals surface area contributed by atoms with Gasteiger partial charge in [-0.3, -0.25) is 14.5 Å². The van der Waals surface area contributed by atoms with Crippen molar-refractivity contribution in [2.75, 3.05) is 79.6 Å². The average Bonchev–Trinajstić information content (AvgIpc) is 3.65. The highest BCUT2D eigenvalue weighted by molar-refractivity contribution is 6.02. The number of morpholine rings is 1. The van der Waals surface area contributed by atoms with E-state index >= 15 is 0 Å². The van der Waals surface area contributed by atoms with Crippen molar-refractivity contribution in [3.8, 4) is 33.9 Å². The maximum Gasteiger partial charge on any atom is 0.328 e. The topological polar surface area (TPSA) is 191 Å². The van der Waals surface area contributed by atoms with Gasteiger partial charge in [-0.25, -0.2) is 4.79 Å². The summed E-state index contributed by atoms with van der Waals surface area (Å²) in [6.07, 6.45) is 0.296. The lowest BCUT2D eigenvalue weighted by Gasteiger charge is -2.26. The van der Waals surface area contributed by atoms with Crippen LogP contribution in [0.5, 0.6) is 11.5 Å². The molecule has 3 aromatic carbocycles. The molecule has 1 aromatic heterocycles. The van der Waals surface area contributed by atoms with Crippen molar-refractivity contribution >= 4 is 17.8 Å². The Kier molecular flexibility index (Phi) is 16.4. The minimum absolute atomic E-state index is 0.0393. The molecule has 1 atom stereocenters. The number of hydrogen-bond donors (Lipinski definition) is 4. The van der Waals surface area contributed by atoms with Crippen molar-refractivity contribution in [2.45, 2.75) is 38.8 Å². The number of nitrogens with one attached hydrogen (secondary N) is 2. The SMILES string of the molecule is COC(=O)[C@@H](Cc1ccccc1)NC(=O)COCCOCCOCCNC(=O)c1noc(-c2cc(C(C)C)c(O)cc2O)c1-c1ccc(CN2CCOCC2)cc1. The van der Waals surface area contributed by atoms with E-state index in [9.17, 15) is 24.6 Å². The molecule has 57 heavy (non-hydrogen) atoms. The number of carbonyl (C=O) groups is 3. The van der Waals surface area contributed by atoms with Crippen molar-refractivity contribution < 1.29 is 52.8 Å². The van der Waals surface area contributed by atoms with Crippen LogP contribution < -0.4 is 10.6 Å². The average molecular weight is 789 g/mol. The van der Waals surface area contributed by atoms with Crippen molar-refractivity contribution in [1.82, 2.24) is 20.7 Å². The number of aromatic nitrogens is 1. The molecule has 5 rings (SSSR count). The molecule has 0 aliphatic carbocycles. The minimum atomic E-state index is -0.830. The molecule has 2 amide bonds. The van der Waals surface area contributed by atoms with Crippen LogP contribution in [-0.2, 0) is 46.2 Å². The minimum Gasteiger partial charge on any atom is -0.508 e. The summed E-state index contributed by atoms with van der Waals surface area (Å²) < 4.78 is 32.6. The fraction of sp³-hybridized carbons (Fsp3) is 0.429. The second-order valence-electron chi connectivity index (χ2n) is 13.8. The Bertz CT molecular complexity index is 1890. The second-order valence-corrected chi connectivity index (χ2v) is 13.8. The molecule has 0 unspecified atom stereocenters. The van der Waals surface area contributed by atoms with Crippen LogP contribution in [0.2, 0.25) is 0 Å². The molecular formula is C42H52N4O11. The predicted molar refractivity (Wildman–Crippen MR) is 210 cm³/mol. The number of phenols is 2. The summed E-state index contributed by atoms with van der Waals surface area (Å²) in [7, 11) is 1.27. The lowest BCUT2D eigenvalue weighted by molar-refractivity contribution is -0.145. The molecule has 0 bridgehead atoms. The van der Waals surface area contributed by atoms with Gasteiger partial charge >= 0.3 is 5.97 Å². The summed E-state index contributed by atoms with van der Waals surface area (Å²) in [5.41, 5.74) is 4.02. The summed E-state index contributed by atoms with van der Waals surface area (Å²) in [4.78, 5) is 40.3. The van der Waals surface area contributed by atoms with Crippen LogP contribution in [0.25, 0.3) is 22.5 Å². The van der Waals surface area contributed by atoms with E-state index in [0.717, 1.165) is 30.8 Å². The van der Waals surface area contributed by atoms with Crippen LogP contribution in [0.15, 0.2) is 71.3 Å². The molecule has 0 spiro atoms. The van der Waals surface area contributed by atoms with E-state index in [0.29, 0.717) is 41.9 Å². The Morgan fingerprint density at radius 2 is 1.54 bits per heavy atom. The van der Waals surface area contributed by atoms with Crippen LogP contribution in [0, 0.1) is 0 Å². The Labute approximate surface area is 332 Å². The lowest BCUT2D eigenvalue weighted by Crippen LogP contribution is -2.44. The molecule has 15 heteroatoms. The first-order chi connectivity index (χ1) is 27.6. The van der Waals surface area contributed by atoms with Crippen molar-refractivity contribution in [3.63, 3.8) is 0 Å². The Morgan fingerprint density at radius 3 is 2.23 bits per heavy atom. The number of phenolic OH excluding ortho intramolecular Hbond substituents is 2. The maximum absolute atomic E-state index is 13.5. The highest BCUT2D eigenvalue weighted by Crippen LogP contribution is 2.43. The number of nitrogens with zero attached hydrogens (tertiary/aromatic N) is 2. The van der Waals surface area contributed by atoms with Crippen LogP contribution in [-0.4, -0.2) is 124 Å². The molecule has 306 valence electrons. The number of amides is 2. The van der Waals surface area contributed by atoms with Gasteiger partial charge in [0.2, 0.25) is 5.91 Å². The Balaban J connectivity index is 1.08. The molecule has 1 saturated heterocycles. The van der Waals surface area contributed by atoms with Gasteiger partial charge in [-0.2, -0.15) is 0 Å². The van der Waals surface area contributed by atoms with Gasteiger partial charge < -0.3 is 49.1 Å². The molecule has 4 aromatic rings. The normalized spacial score (nSPS) is 13.7. The van der Waals surface area contributed by atoms with E-state index in [1.165, 1.54) is 13.2 Å². The number of rotatable bonds is 21. The number of methoxy groups -OCH3 is 1. The highest BCUT2D eigenvalue weighted by atomic mass is 16.5. The van der Waals surface area contributed by atoms with Crippen molar-refractivity contribution in [1.29, 1.82) is 0 Å². The zero-order valence-corrected chi connectivity index (χ0v) is 32.7. The standard InChI is InChI=1S/C42H52N4O11/c1-28(2)32-24-33(36(48)25-35(32)47)40-38(31-11-9-30(10-12-31)26-46-14-17-54-18-15-46)39(45-57-40)41(50)43-13-16-53-19-20-55-21-22-56-27-37(49)44-34(42(51)52-3)23-29-7-5-4-6-8-29/h4-12,24-25,28,34,47-48H,13-23,26-27H2,1-3H3,(H,43,50)(H,44,49)/t34-/m1/s1. The van der Waals surface area contributed by atoms with E-state index in [2.05, 4.69) is 20.7 Å². The van der Waals surface area contributed by atoms with Crippen LogP contribution >= 0.6 is 0 Å². The third kappa shape index (κ3) is 12.6. The zero-order chi connectivity index (χ0) is 40.6. The fourth-order valence-corrected chi connectivity index (χ4v) is 6.28. The molecule has 1 aliphatic rings. The molecule has 2 heterocycles. The molecule has 1 aliphatic heterocycles. The van der Waals surface area contributed by atoms with Crippen LogP contribution in [0.1, 0.15) is 46.9 Å². The summed E-state index contributed by atoms with van der Waals surface area (Å²) in [6, 6.07) is 19.2. The van der Waals surface area contributed by atoms with E-state index < -0.39 is 23.8 Å². The van der Waals surface area contributed by atoms with Gasteiger partial charge in [0.15, 0.2) is 11.5 Å². The lowest BCUT2D eigenvalue weighted by atomic mass is 9.94. The Hall–Kier alpha value is -5.32. The van der Waals surface area contributed by atoms with Gasteiger partial charge in [-0.05, 0) is 34.2 Å². The smallest absolute Gasteiger partial charge is 0.328 e. The number of hydrogen-bond acceptors (Lipinski definition) is 13. The third-order valence-corrected chi connectivity index (χ3v) is 9.28.